The highest BCUT2D eigenvalue weighted by Crippen LogP contribution is 2.14. The smallest absolute Gasteiger partial charge is 0.255 e. The van der Waals surface area contributed by atoms with Crippen molar-refractivity contribution >= 4 is 17.5 Å². The highest BCUT2D eigenvalue weighted by molar-refractivity contribution is 6.18. The lowest BCUT2D eigenvalue weighted by Gasteiger charge is -2.06. The van der Waals surface area contributed by atoms with E-state index in [4.69, 9.17) is 16.3 Å². The van der Waals surface area contributed by atoms with Gasteiger partial charge in [0.05, 0.1) is 18.9 Å². The number of alkyl halides is 1. The Balaban J connectivity index is 2.78. The second-order valence-corrected chi connectivity index (χ2v) is 2.90. The van der Waals surface area contributed by atoms with Crippen molar-refractivity contribution in [3.05, 3.63) is 24.0 Å². The van der Waals surface area contributed by atoms with Crippen LogP contribution >= 0.6 is 11.6 Å². The second-order valence-electron chi connectivity index (χ2n) is 2.52. The van der Waals surface area contributed by atoms with Gasteiger partial charge in [0.1, 0.15) is 5.75 Å². The van der Waals surface area contributed by atoms with Crippen molar-refractivity contribution in [3.63, 3.8) is 0 Å². The molecule has 5 heteroatoms. The van der Waals surface area contributed by atoms with Gasteiger partial charge in [-0.05, 0) is 6.07 Å². The highest BCUT2D eigenvalue weighted by atomic mass is 35.5. The first-order valence-corrected chi connectivity index (χ1v) is 4.65. The average molecular weight is 215 g/mol. The first-order valence-electron chi connectivity index (χ1n) is 4.11. The maximum absolute atomic E-state index is 11.5. The number of hydrogen-bond donors (Lipinski definition) is 1. The van der Waals surface area contributed by atoms with Gasteiger partial charge in [-0.3, -0.25) is 9.78 Å². The Morgan fingerprint density at radius 2 is 2.50 bits per heavy atom. The van der Waals surface area contributed by atoms with Gasteiger partial charge in [0, 0.05) is 18.6 Å². The topological polar surface area (TPSA) is 51.2 Å². The van der Waals surface area contributed by atoms with Gasteiger partial charge in [-0.15, -0.1) is 11.6 Å². The molecule has 0 bridgehead atoms. The number of hydrogen-bond acceptors (Lipinski definition) is 3. The van der Waals surface area contributed by atoms with Gasteiger partial charge in [-0.2, -0.15) is 0 Å². The van der Waals surface area contributed by atoms with Crippen LogP contribution < -0.4 is 10.1 Å². The minimum atomic E-state index is -0.204. The number of carbonyl (C=O) groups excluding carboxylic acids is 1. The Kier molecular flexibility index (Phi) is 4.19. The summed E-state index contributed by atoms with van der Waals surface area (Å²) in [6.07, 6.45) is 3.04. The second kappa shape index (κ2) is 5.44. The van der Waals surface area contributed by atoms with Crippen LogP contribution in [0.25, 0.3) is 0 Å². The molecule has 0 aliphatic rings. The van der Waals surface area contributed by atoms with Gasteiger partial charge in [0.2, 0.25) is 0 Å². The fourth-order valence-electron chi connectivity index (χ4n) is 0.986. The lowest BCUT2D eigenvalue weighted by atomic mass is 10.2. The normalized spacial score (nSPS) is 9.57. The predicted molar refractivity (Wildman–Crippen MR) is 53.8 cm³/mol. The Labute approximate surface area is 87.2 Å². The van der Waals surface area contributed by atoms with E-state index in [0.717, 1.165) is 0 Å². The predicted octanol–water partition coefficient (Wildman–Crippen LogP) is 1.06. The summed E-state index contributed by atoms with van der Waals surface area (Å²) >= 11 is 5.45. The molecule has 0 atom stereocenters. The molecule has 0 radical (unpaired) electrons. The minimum absolute atomic E-state index is 0.204. The van der Waals surface area contributed by atoms with Crippen LogP contribution in [-0.2, 0) is 0 Å². The Morgan fingerprint density at radius 3 is 3.14 bits per heavy atom. The number of rotatable bonds is 4. The van der Waals surface area contributed by atoms with E-state index in [-0.39, 0.29) is 5.91 Å². The molecule has 0 spiro atoms. The molecule has 1 aromatic rings. The van der Waals surface area contributed by atoms with Crippen LogP contribution in [0.15, 0.2) is 18.5 Å². The molecule has 0 aliphatic carbocycles. The Morgan fingerprint density at radius 1 is 1.71 bits per heavy atom. The number of carbonyl (C=O) groups is 1. The van der Waals surface area contributed by atoms with Crippen LogP contribution in [-0.4, -0.2) is 30.4 Å². The quantitative estimate of drug-likeness (QED) is 0.763. The summed E-state index contributed by atoms with van der Waals surface area (Å²) in [6.45, 7) is 0.436. The third-order valence-electron chi connectivity index (χ3n) is 1.63. The zero-order valence-corrected chi connectivity index (χ0v) is 8.54. The van der Waals surface area contributed by atoms with E-state index in [9.17, 15) is 4.79 Å². The molecule has 1 aromatic heterocycles. The fraction of sp³-hybridized carbons (Fsp3) is 0.333. The molecule has 0 aliphatic heterocycles. The molecule has 0 saturated heterocycles. The van der Waals surface area contributed by atoms with Crippen LogP contribution in [0, 0.1) is 0 Å². The van der Waals surface area contributed by atoms with Gasteiger partial charge >= 0.3 is 0 Å². The molecule has 76 valence electrons. The van der Waals surface area contributed by atoms with E-state index < -0.39 is 0 Å². The van der Waals surface area contributed by atoms with E-state index in [1.165, 1.54) is 19.5 Å². The van der Waals surface area contributed by atoms with E-state index in [1.807, 2.05) is 0 Å². The summed E-state index contributed by atoms with van der Waals surface area (Å²) in [7, 11) is 1.50. The monoisotopic (exact) mass is 214 g/mol. The molecule has 1 amide bonds. The molecule has 14 heavy (non-hydrogen) atoms. The van der Waals surface area contributed by atoms with Crippen molar-refractivity contribution in [2.45, 2.75) is 0 Å². The van der Waals surface area contributed by atoms with Crippen LogP contribution in [0.3, 0.4) is 0 Å². The lowest BCUT2D eigenvalue weighted by Crippen LogP contribution is -2.25. The van der Waals surface area contributed by atoms with E-state index in [1.54, 1.807) is 6.07 Å². The van der Waals surface area contributed by atoms with Crippen molar-refractivity contribution in [2.75, 3.05) is 19.5 Å². The number of methoxy groups -OCH3 is 1. The number of amides is 1. The van der Waals surface area contributed by atoms with Gasteiger partial charge in [0.15, 0.2) is 0 Å². The van der Waals surface area contributed by atoms with E-state index in [2.05, 4.69) is 10.3 Å². The van der Waals surface area contributed by atoms with Crippen LogP contribution in [0.4, 0.5) is 0 Å². The zero-order valence-electron chi connectivity index (χ0n) is 7.79. The molecule has 0 unspecified atom stereocenters. The van der Waals surface area contributed by atoms with Crippen molar-refractivity contribution in [3.8, 4) is 5.75 Å². The van der Waals surface area contributed by atoms with Crippen LogP contribution in [0.2, 0.25) is 0 Å². The number of nitrogens with zero attached hydrogens (tertiary/aromatic N) is 1. The maximum Gasteiger partial charge on any atom is 0.255 e. The van der Waals surface area contributed by atoms with Gasteiger partial charge < -0.3 is 10.1 Å². The zero-order chi connectivity index (χ0) is 10.4. The molecule has 1 heterocycles. The van der Waals surface area contributed by atoms with Crippen molar-refractivity contribution < 1.29 is 9.53 Å². The number of ether oxygens (including phenoxy) is 1. The third-order valence-corrected chi connectivity index (χ3v) is 1.82. The Hall–Kier alpha value is -1.29. The number of aromatic nitrogens is 1. The molecule has 0 aromatic carbocycles. The number of nitrogens with one attached hydrogen (secondary N) is 1. The van der Waals surface area contributed by atoms with Gasteiger partial charge in [0.25, 0.3) is 5.91 Å². The molecule has 1 rings (SSSR count). The van der Waals surface area contributed by atoms with Crippen molar-refractivity contribution in [1.29, 1.82) is 0 Å². The molecular weight excluding hydrogens is 204 g/mol. The van der Waals surface area contributed by atoms with Crippen molar-refractivity contribution in [1.82, 2.24) is 10.3 Å². The van der Waals surface area contributed by atoms with Crippen LogP contribution in [0.1, 0.15) is 10.4 Å². The summed E-state index contributed by atoms with van der Waals surface area (Å²) in [6, 6.07) is 1.60. The molecular formula is C9H11ClN2O2. The minimum Gasteiger partial charge on any atom is -0.494 e. The van der Waals surface area contributed by atoms with Crippen molar-refractivity contribution in [2.24, 2.45) is 0 Å². The first kappa shape index (κ1) is 10.8. The average Bonchev–Trinajstić information content (AvgIpc) is 2.25. The molecule has 0 saturated carbocycles. The van der Waals surface area contributed by atoms with Crippen LogP contribution in [0.5, 0.6) is 5.75 Å². The summed E-state index contributed by atoms with van der Waals surface area (Å²) in [5.74, 6) is 0.642. The van der Waals surface area contributed by atoms with Gasteiger partial charge in [-0.1, -0.05) is 0 Å². The molecule has 1 N–H and O–H groups in total. The van der Waals surface area contributed by atoms with Gasteiger partial charge in [-0.25, -0.2) is 0 Å². The summed E-state index contributed by atoms with van der Waals surface area (Å²) < 4.78 is 4.99. The van der Waals surface area contributed by atoms with E-state index >= 15 is 0 Å². The van der Waals surface area contributed by atoms with E-state index in [0.29, 0.717) is 23.7 Å². The number of halogens is 1. The summed E-state index contributed by atoms with van der Waals surface area (Å²) in [5.41, 5.74) is 0.465. The lowest BCUT2D eigenvalue weighted by molar-refractivity contribution is 0.0953. The SMILES string of the molecule is COc1cnccc1C(=O)NCCCl. The largest absolute Gasteiger partial charge is 0.494 e. The standard InChI is InChI=1S/C9H11ClN2O2/c1-14-8-6-11-4-2-7(8)9(13)12-5-3-10/h2,4,6H,3,5H2,1H3,(H,12,13). The maximum atomic E-state index is 11.5. The molecule has 0 fully saturated rings. The summed E-state index contributed by atoms with van der Waals surface area (Å²) in [5, 5.41) is 2.64. The number of pyridine rings is 1. The molecule has 4 nitrogen and oxygen atoms in total. The summed E-state index contributed by atoms with van der Waals surface area (Å²) in [4.78, 5) is 15.4. The first-order chi connectivity index (χ1) is 6.79. The fourth-order valence-corrected chi connectivity index (χ4v) is 1.08. The highest BCUT2D eigenvalue weighted by Gasteiger charge is 2.10. The Bertz CT molecular complexity index is 317. The third kappa shape index (κ3) is 2.60.